The van der Waals surface area contributed by atoms with E-state index in [-0.39, 0.29) is 15.6 Å². The van der Waals surface area contributed by atoms with Crippen LogP contribution in [0.4, 0.5) is 13.2 Å². The number of hydrogen-bond donors (Lipinski definition) is 0. The number of allylic oxidation sites excluding steroid dienone is 1. The molecule has 3 rings (SSSR count). The summed E-state index contributed by atoms with van der Waals surface area (Å²) in [5.74, 6) is -1.78. The molecule has 134 valence electrons. The van der Waals surface area contributed by atoms with E-state index in [0.29, 0.717) is 5.56 Å². The lowest BCUT2D eigenvalue weighted by molar-refractivity contribution is -0.139. The summed E-state index contributed by atoms with van der Waals surface area (Å²) >= 11 is 11.6. The van der Waals surface area contributed by atoms with Crippen LogP contribution in [0.2, 0.25) is 10.0 Å². The molecule has 0 saturated carbocycles. The van der Waals surface area contributed by atoms with Crippen molar-refractivity contribution in [2.45, 2.75) is 12.1 Å². The van der Waals surface area contributed by atoms with Gasteiger partial charge in [-0.25, -0.2) is 9.67 Å². The van der Waals surface area contributed by atoms with Gasteiger partial charge in [0.25, 0.3) is 0 Å². The van der Waals surface area contributed by atoms with Crippen LogP contribution in [0.1, 0.15) is 17.0 Å². The van der Waals surface area contributed by atoms with Gasteiger partial charge < -0.3 is 0 Å². The zero-order valence-corrected chi connectivity index (χ0v) is 14.7. The maximum absolute atomic E-state index is 13.4. The molecule has 0 saturated heterocycles. The van der Waals surface area contributed by atoms with Crippen molar-refractivity contribution in [1.82, 2.24) is 14.8 Å². The molecule has 0 bridgehead atoms. The molecule has 0 fully saturated rings. The zero-order chi connectivity index (χ0) is 18.7. The average molecular weight is 398 g/mol. The molecule has 1 atom stereocenters. The SMILES string of the molecule is FC(F)(F)C(/C=C/c1ccc(-n2cncn2)cc1)c1ccc(Cl)c(Cl)c1. The fourth-order valence-corrected chi connectivity index (χ4v) is 2.71. The molecule has 3 nitrogen and oxygen atoms in total. The molecule has 1 unspecified atom stereocenters. The Kier molecular flexibility index (Phi) is 5.34. The highest BCUT2D eigenvalue weighted by molar-refractivity contribution is 6.42. The fourth-order valence-electron chi connectivity index (χ4n) is 2.40. The van der Waals surface area contributed by atoms with E-state index in [0.717, 1.165) is 11.8 Å². The monoisotopic (exact) mass is 397 g/mol. The predicted octanol–water partition coefficient (Wildman–Crippen LogP) is 5.93. The summed E-state index contributed by atoms with van der Waals surface area (Å²) in [4.78, 5) is 3.85. The first-order chi connectivity index (χ1) is 12.3. The van der Waals surface area contributed by atoms with Gasteiger partial charge in [0.1, 0.15) is 12.7 Å². The number of hydrogen-bond acceptors (Lipinski definition) is 2. The number of rotatable bonds is 4. The number of nitrogens with zero attached hydrogens (tertiary/aromatic N) is 3. The predicted molar refractivity (Wildman–Crippen MR) is 95.7 cm³/mol. The fraction of sp³-hybridized carbons (Fsp3) is 0.111. The number of halogens is 5. The minimum atomic E-state index is -4.45. The van der Waals surface area contributed by atoms with Crippen molar-refractivity contribution >= 4 is 29.3 Å². The van der Waals surface area contributed by atoms with E-state index in [2.05, 4.69) is 10.1 Å². The van der Waals surface area contributed by atoms with E-state index >= 15 is 0 Å². The summed E-state index contributed by atoms with van der Waals surface area (Å²) in [5, 5.41) is 4.29. The van der Waals surface area contributed by atoms with Gasteiger partial charge in [0.15, 0.2) is 0 Å². The largest absolute Gasteiger partial charge is 0.399 e. The standard InChI is InChI=1S/C18H12Cl2F3N3/c19-16-8-4-13(9-17(16)20)15(18(21,22)23)7-3-12-1-5-14(6-2-12)26-11-24-10-25-26/h1-11,15H/b7-3+. The van der Waals surface area contributed by atoms with Crippen LogP contribution in [0.3, 0.4) is 0 Å². The van der Waals surface area contributed by atoms with Gasteiger partial charge in [-0.2, -0.15) is 18.3 Å². The number of benzene rings is 2. The Morgan fingerprint density at radius 3 is 2.31 bits per heavy atom. The van der Waals surface area contributed by atoms with Gasteiger partial charge in [0.05, 0.1) is 21.7 Å². The van der Waals surface area contributed by atoms with Crippen molar-refractivity contribution in [2.75, 3.05) is 0 Å². The molecule has 1 aromatic heterocycles. The third kappa shape index (κ3) is 4.26. The normalized spacial score (nSPS) is 13.3. The highest BCUT2D eigenvalue weighted by Crippen LogP contribution is 2.38. The van der Waals surface area contributed by atoms with Crippen molar-refractivity contribution < 1.29 is 13.2 Å². The Hall–Kier alpha value is -2.31. The minimum absolute atomic E-state index is 0.0300. The summed E-state index contributed by atoms with van der Waals surface area (Å²) in [6.07, 6.45) is 1.01. The van der Waals surface area contributed by atoms with Crippen molar-refractivity contribution in [3.05, 3.63) is 82.4 Å². The number of aromatic nitrogens is 3. The second kappa shape index (κ2) is 7.51. The van der Waals surface area contributed by atoms with Crippen LogP contribution in [0.25, 0.3) is 11.8 Å². The first kappa shape index (κ1) is 18.5. The van der Waals surface area contributed by atoms with Crippen molar-refractivity contribution in [2.24, 2.45) is 0 Å². The smallest absolute Gasteiger partial charge is 0.223 e. The van der Waals surface area contributed by atoms with Crippen LogP contribution in [0, 0.1) is 0 Å². The molecular weight excluding hydrogens is 386 g/mol. The summed E-state index contributed by atoms with van der Waals surface area (Å²) in [6, 6.07) is 10.8. The Labute approximate surface area is 157 Å². The summed E-state index contributed by atoms with van der Waals surface area (Å²) in [7, 11) is 0. The van der Waals surface area contributed by atoms with E-state index in [1.165, 1.54) is 36.9 Å². The van der Waals surface area contributed by atoms with Crippen LogP contribution in [-0.4, -0.2) is 20.9 Å². The molecule has 1 heterocycles. The van der Waals surface area contributed by atoms with Crippen molar-refractivity contribution in [3.63, 3.8) is 0 Å². The van der Waals surface area contributed by atoms with Crippen LogP contribution in [0.5, 0.6) is 0 Å². The molecule has 0 aliphatic carbocycles. The lowest BCUT2D eigenvalue weighted by atomic mass is 9.97. The second-order valence-electron chi connectivity index (χ2n) is 5.48. The summed E-state index contributed by atoms with van der Waals surface area (Å²) < 4.78 is 41.9. The van der Waals surface area contributed by atoms with E-state index in [9.17, 15) is 13.2 Å². The molecule has 26 heavy (non-hydrogen) atoms. The average Bonchev–Trinajstić information content (AvgIpc) is 3.12. The van der Waals surface area contributed by atoms with Crippen LogP contribution in [0.15, 0.2) is 61.2 Å². The summed E-state index contributed by atoms with van der Waals surface area (Å²) in [5.41, 5.74) is 1.42. The molecule has 3 aromatic rings. The van der Waals surface area contributed by atoms with E-state index in [1.54, 1.807) is 28.9 Å². The third-order valence-corrected chi connectivity index (χ3v) is 4.45. The quantitative estimate of drug-likeness (QED) is 0.545. The number of alkyl halides is 3. The Balaban J connectivity index is 1.86. The van der Waals surface area contributed by atoms with Gasteiger partial charge in [0, 0.05) is 0 Å². The van der Waals surface area contributed by atoms with Crippen LogP contribution in [-0.2, 0) is 0 Å². The van der Waals surface area contributed by atoms with Crippen molar-refractivity contribution in [1.29, 1.82) is 0 Å². The molecule has 0 aliphatic rings. The minimum Gasteiger partial charge on any atom is -0.223 e. The van der Waals surface area contributed by atoms with Gasteiger partial charge in [-0.15, -0.1) is 0 Å². The van der Waals surface area contributed by atoms with Crippen LogP contribution >= 0.6 is 23.2 Å². The topological polar surface area (TPSA) is 30.7 Å². The molecule has 0 amide bonds. The van der Waals surface area contributed by atoms with Gasteiger partial charge in [-0.1, -0.05) is 53.6 Å². The molecule has 8 heteroatoms. The van der Waals surface area contributed by atoms with Crippen LogP contribution < -0.4 is 0 Å². The Morgan fingerprint density at radius 2 is 1.73 bits per heavy atom. The lowest BCUT2D eigenvalue weighted by Crippen LogP contribution is -2.18. The molecule has 0 radical (unpaired) electrons. The van der Waals surface area contributed by atoms with E-state index in [1.807, 2.05) is 0 Å². The maximum Gasteiger partial charge on any atom is 0.399 e. The highest BCUT2D eigenvalue weighted by atomic mass is 35.5. The van der Waals surface area contributed by atoms with Gasteiger partial charge >= 0.3 is 6.18 Å². The zero-order valence-electron chi connectivity index (χ0n) is 13.2. The molecule has 0 aliphatic heterocycles. The maximum atomic E-state index is 13.4. The van der Waals surface area contributed by atoms with Crippen molar-refractivity contribution in [3.8, 4) is 5.69 Å². The highest BCUT2D eigenvalue weighted by Gasteiger charge is 2.39. The Morgan fingerprint density at radius 1 is 1.00 bits per heavy atom. The first-order valence-electron chi connectivity index (χ1n) is 7.49. The molecule has 2 aromatic carbocycles. The van der Waals surface area contributed by atoms with E-state index < -0.39 is 12.1 Å². The van der Waals surface area contributed by atoms with E-state index in [4.69, 9.17) is 23.2 Å². The van der Waals surface area contributed by atoms with Gasteiger partial charge in [-0.3, -0.25) is 0 Å². The molecule has 0 N–H and O–H groups in total. The third-order valence-electron chi connectivity index (χ3n) is 3.71. The molecule has 0 spiro atoms. The van der Waals surface area contributed by atoms with Gasteiger partial charge in [-0.05, 0) is 35.4 Å². The lowest BCUT2D eigenvalue weighted by Gasteiger charge is -2.18. The second-order valence-corrected chi connectivity index (χ2v) is 6.30. The van der Waals surface area contributed by atoms with Gasteiger partial charge in [0.2, 0.25) is 0 Å². The summed E-state index contributed by atoms with van der Waals surface area (Å²) in [6.45, 7) is 0. The Bertz CT molecular complexity index is 904. The first-order valence-corrected chi connectivity index (χ1v) is 8.25. The molecular formula is C18H12Cl2F3N3.